The molecule has 1 saturated carbocycles. The summed E-state index contributed by atoms with van der Waals surface area (Å²) < 4.78 is 0. The molecule has 2 N–H and O–H groups in total. The number of likely N-dealkylation sites (tertiary alicyclic amines) is 1. The molecule has 86 valence electrons. The van der Waals surface area contributed by atoms with Crippen LogP contribution in [0, 0.1) is 11.8 Å². The standard InChI is InChI=1S/C12H22N2O/c1-8(2)11(13)6-12(15)14-7-9-3-4-10(14)5-9/h8-11H,3-7,13H2,1-2H3. The summed E-state index contributed by atoms with van der Waals surface area (Å²) >= 11 is 0. The van der Waals surface area contributed by atoms with Gasteiger partial charge in [-0.05, 0) is 31.1 Å². The molecule has 0 aromatic rings. The average molecular weight is 210 g/mol. The number of piperidine rings is 1. The van der Waals surface area contributed by atoms with Gasteiger partial charge in [0.05, 0.1) is 0 Å². The summed E-state index contributed by atoms with van der Waals surface area (Å²) in [5.74, 6) is 1.46. The molecule has 0 aromatic carbocycles. The van der Waals surface area contributed by atoms with Crippen molar-refractivity contribution in [2.24, 2.45) is 17.6 Å². The third-order valence-electron chi connectivity index (χ3n) is 4.00. The summed E-state index contributed by atoms with van der Waals surface area (Å²) in [6, 6.07) is 0.568. The number of hydrogen-bond donors (Lipinski definition) is 1. The summed E-state index contributed by atoms with van der Waals surface area (Å²) in [6.07, 6.45) is 4.31. The van der Waals surface area contributed by atoms with Crippen LogP contribution < -0.4 is 5.73 Å². The van der Waals surface area contributed by atoms with E-state index in [0.29, 0.717) is 18.4 Å². The van der Waals surface area contributed by atoms with E-state index in [1.54, 1.807) is 0 Å². The molecule has 3 unspecified atom stereocenters. The highest BCUT2D eigenvalue weighted by Crippen LogP contribution is 2.37. The maximum absolute atomic E-state index is 12.0. The molecule has 1 heterocycles. The largest absolute Gasteiger partial charge is 0.339 e. The predicted molar refractivity (Wildman–Crippen MR) is 60.3 cm³/mol. The fourth-order valence-corrected chi connectivity index (χ4v) is 2.78. The van der Waals surface area contributed by atoms with Gasteiger partial charge in [-0.2, -0.15) is 0 Å². The Labute approximate surface area is 92.0 Å². The average Bonchev–Trinajstić information content (AvgIpc) is 2.78. The second-order valence-corrected chi connectivity index (χ2v) is 5.49. The number of nitrogens with zero attached hydrogens (tertiary/aromatic N) is 1. The van der Waals surface area contributed by atoms with E-state index in [2.05, 4.69) is 18.7 Å². The molecule has 2 rings (SSSR count). The van der Waals surface area contributed by atoms with Crippen molar-refractivity contribution < 1.29 is 4.79 Å². The Bertz CT molecular complexity index is 252. The van der Waals surface area contributed by atoms with E-state index < -0.39 is 0 Å². The Balaban J connectivity index is 1.86. The van der Waals surface area contributed by atoms with E-state index in [4.69, 9.17) is 5.73 Å². The third-order valence-corrected chi connectivity index (χ3v) is 4.00. The molecule has 3 nitrogen and oxygen atoms in total. The van der Waals surface area contributed by atoms with Gasteiger partial charge in [-0.15, -0.1) is 0 Å². The van der Waals surface area contributed by atoms with E-state index in [0.717, 1.165) is 12.5 Å². The molecular formula is C12H22N2O. The molecule has 1 amide bonds. The van der Waals surface area contributed by atoms with Crippen LogP contribution in [0.3, 0.4) is 0 Å². The zero-order chi connectivity index (χ0) is 11.0. The number of nitrogens with two attached hydrogens (primary N) is 1. The normalized spacial score (nSPS) is 31.3. The minimum atomic E-state index is 0.0247. The highest BCUT2D eigenvalue weighted by atomic mass is 16.2. The van der Waals surface area contributed by atoms with Crippen LogP contribution >= 0.6 is 0 Å². The summed E-state index contributed by atoms with van der Waals surface area (Å²) in [6.45, 7) is 5.15. The van der Waals surface area contributed by atoms with Crippen molar-refractivity contribution in [3.63, 3.8) is 0 Å². The second-order valence-electron chi connectivity index (χ2n) is 5.49. The minimum Gasteiger partial charge on any atom is -0.339 e. The lowest BCUT2D eigenvalue weighted by Gasteiger charge is -2.28. The van der Waals surface area contributed by atoms with E-state index in [-0.39, 0.29) is 11.9 Å². The van der Waals surface area contributed by atoms with Gasteiger partial charge in [-0.25, -0.2) is 0 Å². The number of hydrogen-bond acceptors (Lipinski definition) is 2. The molecule has 0 aromatic heterocycles. The summed E-state index contributed by atoms with van der Waals surface area (Å²) in [7, 11) is 0. The smallest absolute Gasteiger partial charge is 0.224 e. The molecule has 1 aliphatic carbocycles. The van der Waals surface area contributed by atoms with Gasteiger partial charge >= 0.3 is 0 Å². The molecule has 3 heteroatoms. The Morgan fingerprint density at radius 3 is 2.67 bits per heavy atom. The molecule has 0 spiro atoms. The lowest BCUT2D eigenvalue weighted by Crippen LogP contribution is -2.41. The highest BCUT2D eigenvalue weighted by molar-refractivity contribution is 5.77. The highest BCUT2D eigenvalue weighted by Gasteiger charge is 2.40. The minimum absolute atomic E-state index is 0.0247. The van der Waals surface area contributed by atoms with Crippen molar-refractivity contribution >= 4 is 5.91 Å². The van der Waals surface area contributed by atoms with Crippen molar-refractivity contribution in [2.45, 2.75) is 51.6 Å². The lowest BCUT2D eigenvalue weighted by molar-refractivity contribution is -0.133. The van der Waals surface area contributed by atoms with Gasteiger partial charge in [0.15, 0.2) is 0 Å². The first-order valence-electron chi connectivity index (χ1n) is 6.13. The quantitative estimate of drug-likeness (QED) is 0.764. The maximum Gasteiger partial charge on any atom is 0.224 e. The monoisotopic (exact) mass is 210 g/mol. The molecule has 1 saturated heterocycles. The third kappa shape index (κ3) is 2.17. The number of amides is 1. The van der Waals surface area contributed by atoms with Crippen molar-refractivity contribution in [2.75, 3.05) is 6.54 Å². The Morgan fingerprint density at radius 2 is 2.20 bits per heavy atom. The van der Waals surface area contributed by atoms with E-state index >= 15 is 0 Å². The predicted octanol–water partition coefficient (Wildman–Crippen LogP) is 1.37. The van der Waals surface area contributed by atoms with Crippen LogP contribution in [0.2, 0.25) is 0 Å². The zero-order valence-electron chi connectivity index (χ0n) is 9.78. The van der Waals surface area contributed by atoms with E-state index in [1.165, 1.54) is 19.3 Å². The van der Waals surface area contributed by atoms with Gasteiger partial charge in [0, 0.05) is 25.0 Å². The summed E-state index contributed by atoms with van der Waals surface area (Å²) in [4.78, 5) is 14.1. The van der Waals surface area contributed by atoms with Gasteiger partial charge in [0.1, 0.15) is 0 Å². The Morgan fingerprint density at radius 1 is 1.47 bits per heavy atom. The van der Waals surface area contributed by atoms with Gasteiger partial charge < -0.3 is 10.6 Å². The van der Waals surface area contributed by atoms with Crippen molar-refractivity contribution in [3.8, 4) is 0 Å². The molecular weight excluding hydrogens is 188 g/mol. The molecule has 2 aliphatic rings. The zero-order valence-corrected chi connectivity index (χ0v) is 9.78. The number of carbonyl (C=O) groups excluding carboxylic acids is 1. The van der Waals surface area contributed by atoms with Gasteiger partial charge in [0.25, 0.3) is 0 Å². The van der Waals surface area contributed by atoms with E-state index in [9.17, 15) is 4.79 Å². The van der Waals surface area contributed by atoms with Crippen molar-refractivity contribution in [1.82, 2.24) is 4.90 Å². The maximum atomic E-state index is 12.0. The van der Waals surface area contributed by atoms with Crippen LogP contribution in [0.25, 0.3) is 0 Å². The van der Waals surface area contributed by atoms with Crippen molar-refractivity contribution in [1.29, 1.82) is 0 Å². The van der Waals surface area contributed by atoms with Crippen LogP contribution in [0.1, 0.15) is 39.5 Å². The Hall–Kier alpha value is -0.570. The fraction of sp³-hybridized carbons (Fsp3) is 0.917. The first-order chi connectivity index (χ1) is 7.08. The lowest BCUT2D eigenvalue weighted by atomic mass is 10.0. The SMILES string of the molecule is CC(C)C(N)CC(=O)N1CC2CCC1C2. The van der Waals surface area contributed by atoms with Crippen LogP contribution in [0.15, 0.2) is 0 Å². The molecule has 1 aliphatic heterocycles. The Kier molecular flexibility index (Phi) is 3.01. The molecule has 2 bridgehead atoms. The first-order valence-corrected chi connectivity index (χ1v) is 6.13. The molecule has 3 atom stereocenters. The fourth-order valence-electron chi connectivity index (χ4n) is 2.78. The van der Waals surface area contributed by atoms with Crippen LogP contribution in [0.5, 0.6) is 0 Å². The van der Waals surface area contributed by atoms with Crippen LogP contribution in [-0.2, 0) is 4.79 Å². The van der Waals surface area contributed by atoms with Crippen molar-refractivity contribution in [3.05, 3.63) is 0 Å². The van der Waals surface area contributed by atoms with Crippen LogP contribution in [-0.4, -0.2) is 29.4 Å². The molecule has 2 fully saturated rings. The number of fused-ring (bicyclic) bond motifs is 2. The topological polar surface area (TPSA) is 46.3 Å². The molecule has 15 heavy (non-hydrogen) atoms. The second kappa shape index (κ2) is 4.12. The first kappa shape index (κ1) is 10.9. The molecule has 0 radical (unpaired) electrons. The number of rotatable bonds is 3. The van der Waals surface area contributed by atoms with Crippen LogP contribution in [0.4, 0.5) is 0 Å². The summed E-state index contributed by atoms with van der Waals surface area (Å²) in [5, 5.41) is 0. The number of carbonyl (C=O) groups is 1. The van der Waals surface area contributed by atoms with E-state index in [1.807, 2.05) is 0 Å². The summed E-state index contributed by atoms with van der Waals surface area (Å²) in [5.41, 5.74) is 5.94. The van der Waals surface area contributed by atoms with Gasteiger partial charge in [0.2, 0.25) is 5.91 Å². The van der Waals surface area contributed by atoms with Gasteiger partial charge in [-0.1, -0.05) is 13.8 Å². The van der Waals surface area contributed by atoms with Gasteiger partial charge in [-0.3, -0.25) is 4.79 Å².